The fourth-order valence-corrected chi connectivity index (χ4v) is 5.25. The first-order valence-corrected chi connectivity index (χ1v) is 13.2. The third-order valence-electron chi connectivity index (χ3n) is 7.59. The maximum Gasteiger partial charge on any atom is 0.258 e. The summed E-state index contributed by atoms with van der Waals surface area (Å²) in [6, 6.07) is 7.63. The summed E-state index contributed by atoms with van der Waals surface area (Å²) >= 11 is 0. The van der Waals surface area contributed by atoms with Crippen molar-refractivity contribution in [1.29, 1.82) is 0 Å². The zero-order chi connectivity index (χ0) is 26.2. The quantitative estimate of drug-likeness (QED) is 0.404. The number of nitrogens with one attached hydrogen (secondary N) is 2. The zero-order valence-corrected chi connectivity index (χ0v) is 21.6. The summed E-state index contributed by atoms with van der Waals surface area (Å²) < 4.78 is 6.11. The van der Waals surface area contributed by atoms with Crippen molar-refractivity contribution in [2.45, 2.75) is 51.9 Å². The SMILES string of the molecule is C/C(Nc1ccc(OC2CCN(C(O)C3CC3)CC2)nc1)=C1/C(=O)Nc2cnc(-c3cnccc3C)cc21. The number of carbonyl (C=O) groups excluding carboxylic acids is 1. The van der Waals surface area contributed by atoms with Gasteiger partial charge in [-0.05, 0) is 69.2 Å². The number of aromatic nitrogens is 3. The molecule has 2 aliphatic heterocycles. The number of ether oxygens (including phenoxy) is 1. The van der Waals surface area contributed by atoms with Crippen LogP contribution in [0.15, 0.2) is 54.7 Å². The molecule has 1 aliphatic carbocycles. The Morgan fingerprint density at radius 1 is 1.11 bits per heavy atom. The molecule has 0 radical (unpaired) electrons. The minimum absolute atomic E-state index is 0.0951. The van der Waals surface area contributed by atoms with E-state index in [-0.39, 0.29) is 18.2 Å². The van der Waals surface area contributed by atoms with Crippen LogP contribution >= 0.6 is 0 Å². The molecule has 3 aromatic rings. The van der Waals surface area contributed by atoms with Crippen LogP contribution in [0.25, 0.3) is 16.8 Å². The number of carbonyl (C=O) groups is 1. The summed E-state index contributed by atoms with van der Waals surface area (Å²) in [5, 5.41) is 16.6. The summed E-state index contributed by atoms with van der Waals surface area (Å²) in [5.74, 6) is 0.868. The number of pyridine rings is 3. The molecule has 3 aliphatic rings. The Labute approximate surface area is 222 Å². The summed E-state index contributed by atoms with van der Waals surface area (Å²) in [5.41, 5.74) is 6.33. The number of aryl methyl sites for hydroxylation is 1. The van der Waals surface area contributed by atoms with E-state index < -0.39 is 0 Å². The van der Waals surface area contributed by atoms with Gasteiger partial charge in [-0.15, -0.1) is 0 Å². The monoisotopic (exact) mass is 512 g/mol. The van der Waals surface area contributed by atoms with Crippen LogP contribution in [0.4, 0.5) is 11.4 Å². The molecule has 1 amide bonds. The standard InChI is InChI=1S/C29H32N6O3/c1-17-7-10-30-15-23(17)24-13-22-25(16-31-24)34-28(36)27(22)18(2)33-20-5-6-26(32-14-20)38-21-8-11-35(12-9-21)29(37)19-3-4-19/h5-7,10,13-16,19,21,29,33,37H,3-4,8-9,11-12H2,1-2H3,(H,34,36)/b27-18-. The molecule has 1 unspecified atom stereocenters. The second kappa shape index (κ2) is 10.2. The molecule has 5 heterocycles. The molecule has 0 aromatic carbocycles. The lowest BCUT2D eigenvalue weighted by Crippen LogP contribution is -2.45. The minimum Gasteiger partial charge on any atom is -0.474 e. The second-order valence-corrected chi connectivity index (χ2v) is 10.4. The van der Waals surface area contributed by atoms with Crippen LogP contribution in [-0.4, -0.2) is 56.3 Å². The number of rotatable bonds is 7. The van der Waals surface area contributed by atoms with Crippen LogP contribution in [0.1, 0.15) is 43.7 Å². The first-order chi connectivity index (χ1) is 18.5. The van der Waals surface area contributed by atoms with Gasteiger partial charge in [-0.1, -0.05) is 0 Å². The Hall–Kier alpha value is -3.82. The van der Waals surface area contributed by atoms with E-state index in [0.29, 0.717) is 23.1 Å². The Balaban J connectivity index is 1.13. The maximum absolute atomic E-state index is 12.9. The van der Waals surface area contributed by atoms with Gasteiger partial charge in [0.15, 0.2) is 0 Å². The lowest BCUT2D eigenvalue weighted by Gasteiger charge is -2.35. The molecule has 6 rings (SSSR count). The van der Waals surface area contributed by atoms with Crippen LogP contribution < -0.4 is 15.4 Å². The third-order valence-corrected chi connectivity index (χ3v) is 7.59. The lowest BCUT2D eigenvalue weighted by molar-refractivity contribution is -0.110. The van der Waals surface area contributed by atoms with Crippen LogP contribution in [0.2, 0.25) is 0 Å². The number of allylic oxidation sites excluding steroid dienone is 1. The van der Waals surface area contributed by atoms with Gasteiger partial charge < -0.3 is 20.5 Å². The molecule has 3 N–H and O–H groups in total. The highest BCUT2D eigenvalue weighted by Gasteiger charge is 2.35. The van der Waals surface area contributed by atoms with E-state index in [4.69, 9.17) is 4.74 Å². The van der Waals surface area contributed by atoms with Gasteiger partial charge in [-0.3, -0.25) is 19.7 Å². The second-order valence-electron chi connectivity index (χ2n) is 10.4. The van der Waals surface area contributed by atoms with E-state index in [1.54, 1.807) is 24.8 Å². The van der Waals surface area contributed by atoms with E-state index in [9.17, 15) is 9.90 Å². The van der Waals surface area contributed by atoms with Gasteiger partial charge in [-0.25, -0.2) is 4.98 Å². The van der Waals surface area contributed by atoms with Crippen molar-refractivity contribution in [3.05, 3.63) is 65.9 Å². The van der Waals surface area contributed by atoms with E-state index >= 15 is 0 Å². The molecule has 1 saturated carbocycles. The number of hydrogen-bond acceptors (Lipinski definition) is 8. The highest BCUT2D eigenvalue weighted by molar-refractivity contribution is 6.32. The number of piperidine rings is 1. The Bertz CT molecular complexity index is 1380. The van der Waals surface area contributed by atoms with Gasteiger partial charge in [0.25, 0.3) is 5.91 Å². The van der Waals surface area contributed by atoms with Crippen molar-refractivity contribution < 1.29 is 14.6 Å². The molecular weight excluding hydrogens is 480 g/mol. The van der Waals surface area contributed by atoms with Crippen LogP contribution in [0, 0.1) is 12.8 Å². The number of fused-ring (bicyclic) bond motifs is 1. The van der Waals surface area contributed by atoms with Gasteiger partial charge in [0.1, 0.15) is 12.3 Å². The van der Waals surface area contributed by atoms with Crippen LogP contribution in [-0.2, 0) is 4.79 Å². The molecule has 1 atom stereocenters. The summed E-state index contributed by atoms with van der Waals surface area (Å²) in [7, 11) is 0. The van der Waals surface area contributed by atoms with Gasteiger partial charge in [-0.2, -0.15) is 0 Å². The predicted molar refractivity (Wildman–Crippen MR) is 145 cm³/mol. The largest absolute Gasteiger partial charge is 0.474 e. The normalized spacial score (nSPS) is 20.0. The molecule has 38 heavy (non-hydrogen) atoms. The fourth-order valence-electron chi connectivity index (χ4n) is 5.25. The number of aliphatic hydroxyl groups is 1. The van der Waals surface area contributed by atoms with E-state index in [1.807, 2.05) is 38.1 Å². The molecule has 0 spiro atoms. The van der Waals surface area contributed by atoms with E-state index in [1.165, 1.54) is 0 Å². The Morgan fingerprint density at radius 3 is 2.63 bits per heavy atom. The first kappa shape index (κ1) is 24.5. The summed E-state index contributed by atoms with van der Waals surface area (Å²) in [4.78, 5) is 28.3. The van der Waals surface area contributed by atoms with Gasteiger partial charge in [0.05, 0.1) is 35.0 Å². The summed E-state index contributed by atoms with van der Waals surface area (Å²) in [6.45, 7) is 5.58. The highest BCUT2D eigenvalue weighted by Crippen LogP contribution is 2.37. The number of likely N-dealkylation sites (tertiary alicyclic amines) is 1. The van der Waals surface area contributed by atoms with Gasteiger partial charge in [0.2, 0.25) is 5.88 Å². The number of nitrogens with zero attached hydrogens (tertiary/aromatic N) is 4. The van der Waals surface area contributed by atoms with Crippen molar-refractivity contribution in [1.82, 2.24) is 19.9 Å². The highest BCUT2D eigenvalue weighted by atomic mass is 16.5. The number of hydrogen-bond donors (Lipinski definition) is 3. The molecular formula is C29H32N6O3. The third kappa shape index (κ3) is 4.99. The average Bonchev–Trinajstić information content (AvgIpc) is 3.72. The fraction of sp³-hybridized carbons (Fsp3) is 0.379. The molecule has 9 nitrogen and oxygen atoms in total. The van der Waals surface area contributed by atoms with E-state index in [0.717, 1.165) is 72.5 Å². The maximum atomic E-state index is 12.9. The topological polar surface area (TPSA) is 112 Å². The number of amides is 1. The molecule has 2 fully saturated rings. The van der Waals surface area contributed by atoms with Crippen molar-refractivity contribution in [2.75, 3.05) is 23.7 Å². The first-order valence-electron chi connectivity index (χ1n) is 13.2. The molecule has 196 valence electrons. The molecule has 3 aromatic heterocycles. The summed E-state index contributed by atoms with van der Waals surface area (Å²) in [6.07, 6.45) is 10.8. The molecule has 1 saturated heterocycles. The van der Waals surface area contributed by atoms with Crippen molar-refractivity contribution >= 4 is 22.9 Å². The number of anilines is 2. The van der Waals surface area contributed by atoms with Crippen LogP contribution in [0.3, 0.4) is 0 Å². The Morgan fingerprint density at radius 2 is 1.92 bits per heavy atom. The number of aliphatic hydroxyl groups excluding tert-OH is 1. The van der Waals surface area contributed by atoms with Crippen molar-refractivity contribution in [3.8, 4) is 17.1 Å². The zero-order valence-electron chi connectivity index (χ0n) is 21.6. The molecule has 0 bridgehead atoms. The minimum atomic E-state index is -0.298. The van der Waals surface area contributed by atoms with Crippen LogP contribution in [0.5, 0.6) is 5.88 Å². The average molecular weight is 513 g/mol. The predicted octanol–water partition coefficient (Wildman–Crippen LogP) is 4.21. The Kier molecular flexibility index (Phi) is 6.55. The van der Waals surface area contributed by atoms with E-state index in [2.05, 4.69) is 30.5 Å². The smallest absolute Gasteiger partial charge is 0.258 e. The van der Waals surface area contributed by atoms with Gasteiger partial charge >= 0.3 is 0 Å². The van der Waals surface area contributed by atoms with Gasteiger partial charge in [0, 0.05) is 48.4 Å². The molecule has 9 heteroatoms. The van der Waals surface area contributed by atoms with Crippen molar-refractivity contribution in [2.24, 2.45) is 5.92 Å². The van der Waals surface area contributed by atoms with Crippen molar-refractivity contribution in [3.63, 3.8) is 0 Å². The lowest BCUT2D eigenvalue weighted by atomic mass is 10.0.